The molecule has 1 aliphatic carbocycles. The van der Waals surface area contributed by atoms with E-state index in [0.717, 1.165) is 12.8 Å². The van der Waals surface area contributed by atoms with Crippen molar-refractivity contribution in [3.63, 3.8) is 0 Å². The summed E-state index contributed by atoms with van der Waals surface area (Å²) in [6.07, 6.45) is 3.28. The molecule has 1 heterocycles. The molecule has 0 aromatic heterocycles. The van der Waals surface area contributed by atoms with Crippen LogP contribution in [0.3, 0.4) is 0 Å². The van der Waals surface area contributed by atoms with Crippen LogP contribution in [-0.2, 0) is 14.8 Å². The van der Waals surface area contributed by atoms with Crippen LogP contribution in [0, 0.1) is 5.92 Å². The zero-order valence-electron chi connectivity index (χ0n) is 16.7. The Morgan fingerprint density at radius 3 is 2.38 bits per heavy atom. The molecule has 3 rings (SSSR count). The third kappa shape index (κ3) is 5.08. The fraction of sp³-hybridized carbons (Fsp3) is 0.600. The van der Waals surface area contributed by atoms with E-state index in [4.69, 9.17) is 5.11 Å². The molecule has 0 unspecified atom stereocenters. The number of carboxylic acid groups (broad SMARTS) is 1. The number of carbonyl (C=O) groups is 2. The molecule has 8 nitrogen and oxygen atoms in total. The van der Waals surface area contributed by atoms with Crippen LogP contribution < -0.4 is 5.32 Å². The smallest absolute Gasteiger partial charge is 0.407 e. The van der Waals surface area contributed by atoms with Crippen molar-refractivity contribution in [1.29, 1.82) is 0 Å². The molecule has 1 aromatic carbocycles. The van der Waals surface area contributed by atoms with Gasteiger partial charge in [-0.1, -0.05) is 18.2 Å². The van der Waals surface area contributed by atoms with Gasteiger partial charge in [-0.3, -0.25) is 4.79 Å². The van der Waals surface area contributed by atoms with Gasteiger partial charge < -0.3 is 15.3 Å². The van der Waals surface area contributed by atoms with Gasteiger partial charge in [-0.15, -0.1) is 0 Å². The molecule has 9 heteroatoms. The summed E-state index contributed by atoms with van der Waals surface area (Å²) in [6.45, 7) is 0.619. The van der Waals surface area contributed by atoms with Gasteiger partial charge in [0.15, 0.2) is 0 Å². The third-order valence-electron chi connectivity index (χ3n) is 6.03. The van der Waals surface area contributed by atoms with Gasteiger partial charge in [0.25, 0.3) is 0 Å². The van der Waals surface area contributed by atoms with E-state index in [9.17, 15) is 18.0 Å². The van der Waals surface area contributed by atoms with Gasteiger partial charge in [0.05, 0.1) is 10.8 Å². The normalized spacial score (nSPS) is 25.9. The summed E-state index contributed by atoms with van der Waals surface area (Å²) in [5, 5.41) is 12.2. The molecule has 160 valence electrons. The van der Waals surface area contributed by atoms with Gasteiger partial charge in [-0.05, 0) is 50.7 Å². The van der Waals surface area contributed by atoms with E-state index in [1.165, 1.54) is 9.21 Å². The molecule has 29 heavy (non-hydrogen) atoms. The lowest BCUT2D eigenvalue weighted by molar-refractivity contribution is -0.127. The molecular weight excluding hydrogens is 394 g/mol. The Hall–Kier alpha value is -2.13. The number of carbonyl (C=O) groups excluding carboxylic acids is 1. The number of nitrogens with zero attached hydrogens (tertiary/aromatic N) is 2. The second-order valence-corrected chi connectivity index (χ2v) is 9.86. The summed E-state index contributed by atoms with van der Waals surface area (Å²) >= 11 is 0. The highest BCUT2D eigenvalue weighted by Gasteiger charge is 2.34. The number of hydrogen-bond donors (Lipinski definition) is 2. The second-order valence-electron chi connectivity index (χ2n) is 7.92. The number of rotatable bonds is 5. The van der Waals surface area contributed by atoms with Crippen molar-refractivity contribution in [3.8, 4) is 0 Å². The van der Waals surface area contributed by atoms with Gasteiger partial charge in [0.1, 0.15) is 0 Å². The Morgan fingerprint density at radius 1 is 1.10 bits per heavy atom. The van der Waals surface area contributed by atoms with Gasteiger partial charge in [0.2, 0.25) is 15.9 Å². The first-order valence-corrected chi connectivity index (χ1v) is 11.5. The van der Waals surface area contributed by atoms with E-state index >= 15 is 0 Å². The lowest BCUT2D eigenvalue weighted by Gasteiger charge is -2.35. The lowest BCUT2D eigenvalue weighted by atomic mass is 9.89. The topological polar surface area (TPSA) is 107 Å². The zero-order valence-corrected chi connectivity index (χ0v) is 17.5. The molecule has 2 amide bonds. The standard InChI is InChI=1S/C20H29N3O5S/c1-22(20(25)26)17-11-9-16(10-12-17)21-19(24)15-6-5-13-23(14-15)29(27,28)18-7-3-2-4-8-18/h2-4,7-8,15-17H,5-6,9-14H2,1H3,(H,21,24)(H,25,26)/t15-,16-,17-/m0/s1. The number of benzene rings is 1. The van der Waals surface area contributed by atoms with Crippen LogP contribution in [0.15, 0.2) is 35.2 Å². The van der Waals surface area contributed by atoms with E-state index in [1.54, 1.807) is 37.4 Å². The highest BCUT2D eigenvalue weighted by molar-refractivity contribution is 7.89. The van der Waals surface area contributed by atoms with Gasteiger partial charge >= 0.3 is 6.09 Å². The highest BCUT2D eigenvalue weighted by Crippen LogP contribution is 2.26. The fourth-order valence-electron chi connectivity index (χ4n) is 4.20. The fourth-order valence-corrected chi connectivity index (χ4v) is 5.74. The molecule has 0 spiro atoms. The van der Waals surface area contributed by atoms with Crippen molar-refractivity contribution in [2.24, 2.45) is 5.92 Å². The first kappa shape index (κ1) is 21.6. The van der Waals surface area contributed by atoms with E-state index in [0.29, 0.717) is 32.2 Å². The van der Waals surface area contributed by atoms with Gasteiger partial charge in [0, 0.05) is 32.2 Å². The molecule has 0 bridgehead atoms. The number of piperidine rings is 1. The maximum absolute atomic E-state index is 12.8. The Morgan fingerprint density at radius 2 is 1.76 bits per heavy atom. The Kier molecular flexibility index (Phi) is 6.79. The van der Waals surface area contributed by atoms with Crippen LogP contribution in [0.4, 0.5) is 4.79 Å². The zero-order chi connectivity index (χ0) is 21.0. The summed E-state index contributed by atoms with van der Waals surface area (Å²) in [4.78, 5) is 25.4. The van der Waals surface area contributed by atoms with Crippen LogP contribution in [0.25, 0.3) is 0 Å². The van der Waals surface area contributed by atoms with Gasteiger partial charge in [-0.2, -0.15) is 4.31 Å². The van der Waals surface area contributed by atoms with Crippen LogP contribution in [-0.4, -0.2) is 67.0 Å². The Labute approximate surface area is 171 Å². The summed E-state index contributed by atoms with van der Waals surface area (Å²) in [7, 11) is -2.02. The van der Waals surface area contributed by atoms with Crippen molar-refractivity contribution in [2.75, 3.05) is 20.1 Å². The lowest BCUT2D eigenvalue weighted by Crippen LogP contribution is -2.49. The molecule has 2 fully saturated rings. The molecular formula is C20H29N3O5S. The van der Waals surface area contributed by atoms with E-state index < -0.39 is 16.1 Å². The molecule has 2 N–H and O–H groups in total. The van der Waals surface area contributed by atoms with E-state index in [-0.39, 0.29) is 35.3 Å². The van der Waals surface area contributed by atoms with Crippen LogP contribution in [0.5, 0.6) is 0 Å². The quantitative estimate of drug-likeness (QED) is 0.754. The largest absolute Gasteiger partial charge is 0.465 e. The summed E-state index contributed by atoms with van der Waals surface area (Å²) in [5.41, 5.74) is 0. The predicted octanol–water partition coefficient (Wildman–Crippen LogP) is 2.12. The SMILES string of the molecule is CN(C(=O)O)[C@H]1CC[C@H](NC(=O)[C@H]2CCCN(S(=O)(=O)c3ccccc3)C2)CC1. The average Bonchev–Trinajstić information content (AvgIpc) is 2.74. The highest BCUT2D eigenvalue weighted by atomic mass is 32.2. The summed E-state index contributed by atoms with van der Waals surface area (Å²) < 4.78 is 27.1. The third-order valence-corrected chi connectivity index (χ3v) is 7.91. The van der Waals surface area contributed by atoms with Crippen molar-refractivity contribution in [2.45, 2.75) is 55.5 Å². The molecule has 1 saturated heterocycles. The monoisotopic (exact) mass is 423 g/mol. The number of amides is 2. The van der Waals surface area contributed by atoms with Gasteiger partial charge in [-0.25, -0.2) is 13.2 Å². The van der Waals surface area contributed by atoms with E-state index in [1.807, 2.05) is 0 Å². The molecule has 2 aliphatic rings. The predicted molar refractivity (Wildman–Crippen MR) is 108 cm³/mol. The van der Waals surface area contributed by atoms with Crippen LogP contribution >= 0.6 is 0 Å². The Bertz CT molecular complexity index is 822. The number of nitrogens with one attached hydrogen (secondary N) is 1. The minimum absolute atomic E-state index is 0.0122. The maximum atomic E-state index is 12.8. The number of sulfonamides is 1. The minimum Gasteiger partial charge on any atom is -0.465 e. The maximum Gasteiger partial charge on any atom is 0.407 e. The van der Waals surface area contributed by atoms with Crippen molar-refractivity contribution < 1.29 is 23.1 Å². The molecule has 1 aromatic rings. The van der Waals surface area contributed by atoms with Crippen molar-refractivity contribution in [1.82, 2.24) is 14.5 Å². The molecule has 1 saturated carbocycles. The van der Waals surface area contributed by atoms with Crippen molar-refractivity contribution >= 4 is 22.0 Å². The Balaban J connectivity index is 1.55. The second kappa shape index (κ2) is 9.13. The first-order chi connectivity index (χ1) is 13.8. The summed E-state index contributed by atoms with van der Waals surface area (Å²) in [6, 6.07) is 8.31. The van der Waals surface area contributed by atoms with Crippen LogP contribution in [0.1, 0.15) is 38.5 Å². The molecule has 1 aliphatic heterocycles. The molecule has 1 atom stereocenters. The molecule has 0 radical (unpaired) electrons. The average molecular weight is 424 g/mol. The first-order valence-electron chi connectivity index (χ1n) is 10.1. The number of hydrogen-bond acceptors (Lipinski definition) is 4. The van der Waals surface area contributed by atoms with E-state index in [2.05, 4.69) is 5.32 Å². The summed E-state index contributed by atoms with van der Waals surface area (Å²) in [5.74, 6) is -0.463. The van der Waals surface area contributed by atoms with Crippen LogP contribution in [0.2, 0.25) is 0 Å². The van der Waals surface area contributed by atoms with Crippen molar-refractivity contribution in [3.05, 3.63) is 30.3 Å². The minimum atomic E-state index is -3.59.